The van der Waals surface area contributed by atoms with Gasteiger partial charge < -0.3 is 0 Å². The second-order valence-corrected chi connectivity index (χ2v) is 3.32. The Labute approximate surface area is 69.7 Å². The van der Waals surface area contributed by atoms with Gasteiger partial charge in [-0.15, -0.1) is 6.58 Å². The molecule has 0 fully saturated rings. The van der Waals surface area contributed by atoms with E-state index in [9.17, 15) is 0 Å². The molecule has 0 aliphatic rings. The number of allylic oxidation sites excluding steroid dienone is 1. The van der Waals surface area contributed by atoms with Crippen LogP contribution < -0.4 is 0 Å². The van der Waals surface area contributed by atoms with E-state index in [-0.39, 0.29) is 0 Å². The number of rotatable bonds is 5. The van der Waals surface area contributed by atoms with Gasteiger partial charge in [-0.1, -0.05) is 12.5 Å². The lowest BCUT2D eigenvalue weighted by molar-refractivity contribution is 0.520. The van der Waals surface area contributed by atoms with Crippen molar-refractivity contribution < 1.29 is 0 Å². The van der Waals surface area contributed by atoms with Crippen LogP contribution in [0, 0.1) is 17.2 Å². The first-order chi connectivity index (χ1) is 5.16. The second kappa shape index (κ2) is 5.97. The van der Waals surface area contributed by atoms with Crippen molar-refractivity contribution in [1.29, 1.82) is 5.26 Å². The first-order valence-electron chi connectivity index (χ1n) is 4.18. The minimum absolute atomic E-state index is 0.555. The van der Waals surface area contributed by atoms with Gasteiger partial charge in [0.15, 0.2) is 0 Å². The standard InChI is InChI=1S/C10H17N/c1-9(2)5-4-6-10(3)7-8-11/h10H,1,4-7H2,2-3H3/t10-/m1/s1. The summed E-state index contributed by atoms with van der Waals surface area (Å²) >= 11 is 0. The molecule has 0 radical (unpaired) electrons. The summed E-state index contributed by atoms with van der Waals surface area (Å²) in [6.45, 7) is 8.01. The molecule has 0 heterocycles. The highest BCUT2D eigenvalue weighted by Gasteiger charge is 1.99. The molecular formula is C10H17N. The molecule has 0 unspecified atom stereocenters. The fourth-order valence-electron chi connectivity index (χ4n) is 1.01. The van der Waals surface area contributed by atoms with E-state index in [0.29, 0.717) is 12.3 Å². The summed E-state index contributed by atoms with van der Waals surface area (Å²) in [5.74, 6) is 0.555. The Balaban J connectivity index is 3.25. The third kappa shape index (κ3) is 7.12. The van der Waals surface area contributed by atoms with Crippen LogP contribution >= 0.6 is 0 Å². The lowest BCUT2D eigenvalue weighted by Crippen LogP contribution is -1.92. The zero-order valence-corrected chi connectivity index (χ0v) is 7.56. The highest BCUT2D eigenvalue weighted by atomic mass is 14.2. The summed E-state index contributed by atoms with van der Waals surface area (Å²) in [6.07, 6.45) is 4.13. The Morgan fingerprint density at radius 3 is 2.73 bits per heavy atom. The van der Waals surface area contributed by atoms with E-state index < -0.39 is 0 Å². The molecule has 1 nitrogen and oxygen atoms in total. The van der Waals surface area contributed by atoms with Crippen LogP contribution in [0.1, 0.15) is 39.5 Å². The van der Waals surface area contributed by atoms with Crippen LogP contribution in [0.2, 0.25) is 0 Å². The zero-order valence-electron chi connectivity index (χ0n) is 7.56. The van der Waals surface area contributed by atoms with Crippen molar-refractivity contribution in [3.8, 4) is 6.07 Å². The van der Waals surface area contributed by atoms with Gasteiger partial charge in [-0.2, -0.15) is 5.26 Å². The summed E-state index contributed by atoms with van der Waals surface area (Å²) in [5.41, 5.74) is 1.24. The Kier molecular flexibility index (Phi) is 5.56. The van der Waals surface area contributed by atoms with Crippen LogP contribution in [0.25, 0.3) is 0 Å². The minimum Gasteiger partial charge on any atom is -0.198 e. The SMILES string of the molecule is C=C(C)CCC[C@@H](C)CC#N. The molecule has 1 atom stereocenters. The van der Waals surface area contributed by atoms with Crippen molar-refractivity contribution in [1.82, 2.24) is 0 Å². The van der Waals surface area contributed by atoms with Crippen molar-refractivity contribution in [3.63, 3.8) is 0 Å². The highest BCUT2D eigenvalue weighted by Crippen LogP contribution is 2.13. The average molecular weight is 151 g/mol. The zero-order chi connectivity index (χ0) is 8.69. The molecule has 11 heavy (non-hydrogen) atoms. The largest absolute Gasteiger partial charge is 0.198 e. The first-order valence-corrected chi connectivity index (χ1v) is 4.18. The third-order valence-electron chi connectivity index (χ3n) is 1.74. The van der Waals surface area contributed by atoms with Gasteiger partial charge in [0.2, 0.25) is 0 Å². The Morgan fingerprint density at radius 1 is 1.64 bits per heavy atom. The lowest BCUT2D eigenvalue weighted by Gasteiger charge is -2.05. The van der Waals surface area contributed by atoms with E-state index >= 15 is 0 Å². The second-order valence-electron chi connectivity index (χ2n) is 3.32. The molecule has 0 N–H and O–H groups in total. The molecule has 0 aliphatic heterocycles. The summed E-state index contributed by atoms with van der Waals surface area (Å²) in [5, 5.41) is 8.38. The fraction of sp³-hybridized carbons (Fsp3) is 0.700. The van der Waals surface area contributed by atoms with E-state index in [1.54, 1.807) is 0 Å². The fourth-order valence-corrected chi connectivity index (χ4v) is 1.01. The smallest absolute Gasteiger partial charge is 0.0624 e. The molecule has 0 aromatic carbocycles. The molecule has 62 valence electrons. The van der Waals surface area contributed by atoms with Crippen molar-refractivity contribution in [2.75, 3.05) is 0 Å². The Hall–Kier alpha value is -0.770. The topological polar surface area (TPSA) is 23.8 Å². The van der Waals surface area contributed by atoms with Crippen molar-refractivity contribution in [3.05, 3.63) is 12.2 Å². The Bertz CT molecular complexity index is 153. The molecule has 0 bridgehead atoms. The van der Waals surface area contributed by atoms with Gasteiger partial charge in [0.05, 0.1) is 6.07 Å². The van der Waals surface area contributed by atoms with Gasteiger partial charge in [-0.3, -0.25) is 0 Å². The minimum atomic E-state index is 0.555. The van der Waals surface area contributed by atoms with Crippen LogP contribution in [-0.4, -0.2) is 0 Å². The summed E-state index contributed by atoms with van der Waals surface area (Å²) in [4.78, 5) is 0. The predicted molar refractivity (Wildman–Crippen MR) is 48.1 cm³/mol. The lowest BCUT2D eigenvalue weighted by atomic mass is 10.00. The maximum absolute atomic E-state index is 8.38. The first kappa shape index (κ1) is 10.2. The van der Waals surface area contributed by atoms with Crippen LogP contribution in [0.3, 0.4) is 0 Å². The Morgan fingerprint density at radius 2 is 2.27 bits per heavy atom. The molecule has 0 spiro atoms. The van der Waals surface area contributed by atoms with Crippen LogP contribution in [0.4, 0.5) is 0 Å². The monoisotopic (exact) mass is 151 g/mol. The van der Waals surface area contributed by atoms with Gasteiger partial charge in [-0.25, -0.2) is 0 Å². The maximum atomic E-state index is 8.38. The van der Waals surface area contributed by atoms with Crippen LogP contribution in [-0.2, 0) is 0 Å². The van der Waals surface area contributed by atoms with Gasteiger partial charge >= 0.3 is 0 Å². The van der Waals surface area contributed by atoms with Crippen LogP contribution in [0.15, 0.2) is 12.2 Å². The third-order valence-corrected chi connectivity index (χ3v) is 1.74. The molecule has 0 aromatic rings. The van der Waals surface area contributed by atoms with Crippen molar-refractivity contribution in [2.45, 2.75) is 39.5 Å². The van der Waals surface area contributed by atoms with Gasteiger partial charge in [0, 0.05) is 6.42 Å². The highest BCUT2D eigenvalue weighted by molar-refractivity contribution is 4.87. The van der Waals surface area contributed by atoms with Gasteiger partial charge in [0.1, 0.15) is 0 Å². The molecule has 0 aromatic heterocycles. The normalized spacial score (nSPS) is 12.1. The molecule has 0 aliphatic carbocycles. The van der Waals surface area contributed by atoms with Crippen molar-refractivity contribution in [2.24, 2.45) is 5.92 Å². The summed E-state index contributed by atoms with van der Waals surface area (Å²) in [7, 11) is 0. The maximum Gasteiger partial charge on any atom is 0.0624 e. The van der Waals surface area contributed by atoms with Gasteiger partial charge in [0.25, 0.3) is 0 Å². The number of nitriles is 1. The number of hydrogen-bond donors (Lipinski definition) is 0. The van der Waals surface area contributed by atoms with Gasteiger partial charge in [-0.05, 0) is 32.1 Å². The van der Waals surface area contributed by atoms with E-state index in [1.165, 1.54) is 12.0 Å². The average Bonchev–Trinajstić information content (AvgIpc) is 1.87. The quantitative estimate of drug-likeness (QED) is 0.553. The summed E-state index contributed by atoms with van der Waals surface area (Å²) in [6, 6.07) is 2.18. The van der Waals surface area contributed by atoms with E-state index in [0.717, 1.165) is 12.8 Å². The summed E-state index contributed by atoms with van der Waals surface area (Å²) < 4.78 is 0. The molecule has 0 saturated carbocycles. The van der Waals surface area contributed by atoms with Crippen molar-refractivity contribution >= 4 is 0 Å². The molecule has 0 amide bonds. The molecule has 0 rings (SSSR count). The molecule has 1 heteroatoms. The number of nitrogens with zero attached hydrogens (tertiary/aromatic N) is 1. The van der Waals surface area contributed by atoms with E-state index in [4.69, 9.17) is 5.26 Å². The molecular weight excluding hydrogens is 134 g/mol. The number of hydrogen-bond acceptors (Lipinski definition) is 1. The molecule has 0 saturated heterocycles. The predicted octanol–water partition coefficient (Wildman–Crippen LogP) is 3.28. The van der Waals surface area contributed by atoms with E-state index in [1.807, 2.05) is 0 Å². The van der Waals surface area contributed by atoms with E-state index in [2.05, 4.69) is 26.5 Å². The van der Waals surface area contributed by atoms with Crippen LogP contribution in [0.5, 0.6) is 0 Å².